The summed E-state index contributed by atoms with van der Waals surface area (Å²) in [5.74, 6) is 9.80. The summed E-state index contributed by atoms with van der Waals surface area (Å²) >= 11 is 0. The van der Waals surface area contributed by atoms with Gasteiger partial charge in [-0.05, 0) is 158 Å². The molecule has 0 amide bonds. The molecule has 0 aliphatic heterocycles. The highest BCUT2D eigenvalue weighted by Gasteiger charge is 2.57. The van der Waals surface area contributed by atoms with Crippen LogP contribution in [0, 0.1) is 47.3 Å². The van der Waals surface area contributed by atoms with Crippen LogP contribution < -0.4 is 0 Å². The number of allylic oxidation sites excluding steroid dienone is 4. The summed E-state index contributed by atoms with van der Waals surface area (Å²) in [6, 6.07) is 3.87. The molecular formula is C38H52N4P2Si. The highest BCUT2D eigenvalue weighted by molar-refractivity contribution is 7.59. The third-order valence-electron chi connectivity index (χ3n) is 13.8. The number of rotatable bonds is 8. The largest absolute Gasteiger partial charge is 0.240 e. The van der Waals surface area contributed by atoms with Crippen LogP contribution in [0.1, 0.15) is 75.9 Å². The fourth-order valence-electron chi connectivity index (χ4n) is 12.5. The van der Waals surface area contributed by atoms with Gasteiger partial charge >= 0.3 is 0 Å². The average Bonchev–Trinajstić information content (AvgIpc) is 3.46. The van der Waals surface area contributed by atoms with E-state index in [1.54, 1.807) is 69.8 Å². The van der Waals surface area contributed by atoms with Crippen LogP contribution in [0.25, 0.3) is 0 Å². The Kier molecular flexibility index (Phi) is 7.38. The van der Waals surface area contributed by atoms with Crippen molar-refractivity contribution in [1.82, 2.24) is 19.9 Å². The van der Waals surface area contributed by atoms with E-state index in [0.717, 1.165) is 70.3 Å². The van der Waals surface area contributed by atoms with Gasteiger partial charge in [-0.15, -0.1) is 9.24 Å². The molecule has 7 heteroatoms. The van der Waals surface area contributed by atoms with Gasteiger partial charge < -0.3 is 0 Å². The van der Waals surface area contributed by atoms with Gasteiger partial charge in [-0.3, -0.25) is 0 Å². The highest BCUT2D eigenvalue weighted by atomic mass is 31.1. The van der Waals surface area contributed by atoms with Gasteiger partial charge in [0.25, 0.3) is 0 Å². The van der Waals surface area contributed by atoms with Crippen molar-refractivity contribution in [1.29, 1.82) is 0 Å². The van der Waals surface area contributed by atoms with Crippen LogP contribution in [0.4, 0.5) is 0 Å². The Labute approximate surface area is 275 Å². The van der Waals surface area contributed by atoms with Gasteiger partial charge in [-0.1, -0.05) is 39.7 Å². The Morgan fingerprint density at radius 2 is 1.04 bits per heavy atom. The number of hydrogen-bond donors (Lipinski definition) is 0. The maximum atomic E-state index is 4.91. The maximum absolute atomic E-state index is 4.91. The fourth-order valence-corrected chi connectivity index (χ4v) is 19.1. The van der Waals surface area contributed by atoms with Crippen molar-refractivity contribution in [3.8, 4) is 0 Å². The third kappa shape index (κ3) is 5.02. The van der Waals surface area contributed by atoms with Crippen molar-refractivity contribution in [3.63, 3.8) is 0 Å². The quantitative estimate of drug-likeness (QED) is 0.211. The van der Waals surface area contributed by atoms with Gasteiger partial charge in [0.1, 0.15) is 16.8 Å². The van der Waals surface area contributed by atoms with Gasteiger partial charge in [0.2, 0.25) is 0 Å². The minimum Gasteiger partial charge on any atom is -0.240 e. The molecule has 0 aromatic carbocycles. The lowest BCUT2D eigenvalue weighted by Gasteiger charge is -2.62. The molecule has 8 fully saturated rings. The zero-order chi connectivity index (χ0) is 30.5. The standard InChI is InChI=1S/C38H52N4P2Si/c1-45(2,3)32-20-31(33(21-32)38(43,36-39-6-4-7-40-36)37-41-8-5-9-42-37)22-44(34-27-12-23-10-24(14-27)15-28(34)13-23)35-29-16-25-11-26(18-29)19-30(35)17-25/h4-9,20-21,23-30,32,34-35H,10-19,22,43H2,1-3H3. The van der Waals surface area contributed by atoms with E-state index >= 15 is 0 Å². The smallest absolute Gasteiger partial charge is 0.150 e. The monoisotopic (exact) mass is 654 g/mol. The predicted molar refractivity (Wildman–Crippen MR) is 191 cm³/mol. The molecule has 2 unspecified atom stereocenters. The molecule has 8 bridgehead atoms. The first-order chi connectivity index (χ1) is 21.7. The zero-order valence-electron chi connectivity index (χ0n) is 27.6. The van der Waals surface area contributed by atoms with Crippen LogP contribution in [0.3, 0.4) is 0 Å². The molecule has 2 aromatic rings. The topological polar surface area (TPSA) is 51.6 Å². The van der Waals surface area contributed by atoms with Gasteiger partial charge in [0.05, 0.1) is 8.07 Å². The molecule has 2 heterocycles. The van der Waals surface area contributed by atoms with E-state index in [0.29, 0.717) is 5.54 Å². The van der Waals surface area contributed by atoms with E-state index in [-0.39, 0.29) is 7.92 Å². The van der Waals surface area contributed by atoms with Crippen molar-refractivity contribution >= 4 is 25.2 Å². The lowest BCUT2D eigenvalue weighted by atomic mass is 9.55. The van der Waals surface area contributed by atoms with Crippen LogP contribution in [-0.2, 0) is 5.16 Å². The molecule has 2 aromatic heterocycles. The predicted octanol–water partition coefficient (Wildman–Crippen LogP) is 9.09. The van der Waals surface area contributed by atoms with E-state index in [1.165, 1.54) is 11.7 Å². The second-order valence-corrected chi connectivity index (χ2v) is 26.4. The van der Waals surface area contributed by atoms with Crippen LogP contribution in [0.15, 0.2) is 60.2 Å². The third-order valence-corrected chi connectivity index (χ3v) is 20.9. The summed E-state index contributed by atoms with van der Waals surface area (Å²) in [5.41, 5.74) is 5.51. The molecule has 9 aliphatic rings. The number of aromatic nitrogens is 4. The van der Waals surface area contributed by atoms with Crippen molar-refractivity contribution in [3.05, 3.63) is 71.9 Å². The van der Waals surface area contributed by atoms with Crippen LogP contribution in [-0.4, -0.2) is 45.5 Å². The number of hydrogen-bond acceptors (Lipinski definition) is 4. The van der Waals surface area contributed by atoms with E-state index in [9.17, 15) is 0 Å². The summed E-state index contributed by atoms with van der Waals surface area (Å²) in [6.07, 6.45) is 29.8. The molecule has 0 radical (unpaired) electrons. The molecule has 238 valence electrons. The second kappa shape index (κ2) is 11.1. The van der Waals surface area contributed by atoms with E-state index < -0.39 is 13.2 Å². The zero-order valence-corrected chi connectivity index (χ0v) is 30.6. The summed E-state index contributed by atoms with van der Waals surface area (Å²) < 4.78 is 0. The molecular weight excluding hydrogens is 602 g/mol. The van der Waals surface area contributed by atoms with Crippen LogP contribution >= 0.6 is 17.2 Å². The van der Waals surface area contributed by atoms with Crippen molar-refractivity contribution < 1.29 is 0 Å². The lowest BCUT2D eigenvalue weighted by molar-refractivity contribution is 0.0131. The summed E-state index contributed by atoms with van der Waals surface area (Å²) in [4.78, 5) is 19.6. The molecule has 4 nitrogen and oxygen atoms in total. The molecule has 8 saturated carbocycles. The first kappa shape index (κ1) is 29.8. The summed E-state index contributed by atoms with van der Waals surface area (Å²) in [6.45, 7) is 7.64. The van der Waals surface area contributed by atoms with Gasteiger partial charge in [0, 0.05) is 24.8 Å². The van der Waals surface area contributed by atoms with E-state index in [2.05, 4.69) is 41.0 Å². The second-order valence-electron chi connectivity index (χ2n) is 17.6. The minimum atomic E-state index is -1.51. The van der Waals surface area contributed by atoms with Crippen LogP contribution in [0.5, 0.6) is 0 Å². The minimum absolute atomic E-state index is 0.123. The normalized spacial score (nSPS) is 40.5. The van der Waals surface area contributed by atoms with Gasteiger partial charge in [0.15, 0.2) is 0 Å². The highest BCUT2D eigenvalue weighted by Crippen LogP contribution is 2.72. The average molecular weight is 655 g/mol. The molecule has 9 aliphatic carbocycles. The first-order valence-electron chi connectivity index (χ1n) is 18.3. The molecule has 0 saturated heterocycles. The van der Waals surface area contributed by atoms with Crippen LogP contribution in [0.2, 0.25) is 25.2 Å². The van der Waals surface area contributed by atoms with Gasteiger partial charge in [-0.25, -0.2) is 19.9 Å². The Morgan fingerprint density at radius 3 is 1.42 bits per heavy atom. The Morgan fingerprint density at radius 1 is 0.644 bits per heavy atom. The lowest BCUT2D eigenvalue weighted by Crippen LogP contribution is -2.53. The first-order valence-corrected chi connectivity index (χ1v) is 24.1. The maximum Gasteiger partial charge on any atom is 0.150 e. The SMILES string of the molecule is C[Si](C)(C)C1C=C(CP(C2C3CC4CC(C3)CC2C4)C2C3CC4CC(C3)CC2C4)C(C(P)(c2ncccn2)c2ncccn2)=C1. The Bertz CT molecular complexity index is 1350. The summed E-state index contributed by atoms with van der Waals surface area (Å²) in [7, 11) is 1.59. The van der Waals surface area contributed by atoms with E-state index in [4.69, 9.17) is 19.9 Å². The summed E-state index contributed by atoms with van der Waals surface area (Å²) in [5, 5.41) is -0.641. The van der Waals surface area contributed by atoms with Crippen molar-refractivity contribution in [2.24, 2.45) is 47.3 Å². The Hall–Kier alpha value is -1.28. The van der Waals surface area contributed by atoms with Crippen molar-refractivity contribution in [2.45, 2.75) is 106 Å². The fraction of sp³-hybridized carbons (Fsp3) is 0.684. The van der Waals surface area contributed by atoms with Gasteiger partial charge in [-0.2, -0.15) is 0 Å². The molecule has 0 spiro atoms. The molecule has 11 rings (SSSR count). The molecule has 2 atom stereocenters. The Balaban J connectivity index is 1.15. The van der Waals surface area contributed by atoms with Crippen molar-refractivity contribution in [2.75, 3.05) is 6.16 Å². The number of nitrogens with zero attached hydrogens (tertiary/aromatic N) is 4. The van der Waals surface area contributed by atoms with E-state index in [1.807, 2.05) is 36.9 Å². The molecule has 0 N–H and O–H groups in total. The molecule has 45 heavy (non-hydrogen) atoms.